The van der Waals surface area contributed by atoms with Gasteiger partial charge in [0.1, 0.15) is 5.82 Å². The van der Waals surface area contributed by atoms with E-state index >= 15 is 0 Å². The summed E-state index contributed by atoms with van der Waals surface area (Å²) >= 11 is 0. The molecule has 0 aromatic heterocycles. The van der Waals surface area contributed by atoms with Gasteiger partial charge < -0.3 is 5.73 Å². The standard InChI is InChI=1S/C9H10FN.ClH/c10-7-3-1-2-6-4-5-8(11)9(6)7;/h1-3,8H,4-5,11H2;1H/t8-;/m0./s1. The molecule has 1 aromatic rings. The van der Waals surface area contributed by atoms with Crippen LogP contribution in [0.25, 0.3) is 0 Å². The summed E-state index contributed by atoms with van der Waals surface area (Å²) in [6, 6.07) is 5.09. The van der Waals surface area contributed by atoms with Crippen molar-refractivity contribution < 1.29 is 4.39 Å². The highest BCUT2D eigenvalue weighted by Gasteiger charge is 2.21. The van der Waals surface area contributed by atoms with E-state index in [0.29, 0.717) is 0 Å². The van der Waals surface area contributed by atoms with Crippen LogP contribution >= 0.6 is 12.4 Å². The fraction of sp³-hybridized carbons (Fsp3) is 0.333. The van der Waals surface area contributed by atoms with Crippen LogP contribution in [-0.4, -0.2) is 0 Å². The lowest BCUT2D eigenvalue weighted by atomic mass is 10.1. The van der Waals surface area contributed by atoms with Gasteiger partial charge in [0.2, 0.25) is 0 Å². The summed E-state index contributed by atoms with van der Waals surface area (Å²) in [5.41, 5.74) is 7.52. The minimum Gasteiger partial charge on any atom is -0.324 e. The van der Waals surface area contributed by atoms with Crippen molar-refractivity contribution in [3.8, 4) is 0 Å². The number of hydrogen-bond acceptors (Lipinski definition) is 1. The third-order valence-electron chi connectivity index (χ3n) is 2.24. The van der Waals surface area contributed by atoms with Crippen LogP contribution in [0.2, 0.25) is 0 Å². The molecule has 0 saturated heterocycles. The monoisotopic (exact) mass is 187 g/mol. The lowest BCUT2D eigenvalue weighted by molar-refractivity contribution is 0.589. The van der Waals surface area contributed by atoms with Crippen LogP contribution in [0.15, 0.2) is 18.2 Å². The van der Waals surface area contributed by atoms with Gasteiger partial charge in [-0.2, -0.15) is 0 Å². The van der Waals surface area contributed by atoms with Gasteiger partial charge in [-0.3, -0.25) is 0 Å². The van der Waals surface area contributed by atoms with E-state index in [0.717, 1.165) is 24.0 Å². The van der Waals surface area contributed by atoms with Crippen LogP contribution in [0, 0.1) is 5.82 Å². The zero-order valence-electron chi connectivity index (χ0n) is 6.59. The second-order valence-corrected chi connectivity index (χ2v) is 2.96. The van der Waals surface area contributed by atoms with E-state index in [1.807, 2.05) is 6.07 Å². The second-order valence-electron chi connectivity index (χ2n) is 2.96. The third-order valence-corrected chi connectivity index (χ3v) is 2.24. The van der Waals surface area contributed by atoms with Gasteiger partial charge in [-0.25, -0.2) is 4.39 Å². The van der Waals surface area contributed by atoms with Crippen molar-refractivity contribution in [2.45, 2.75) is 18.9 Å². The number of benzene rings is 1. The Morgan fingerprint density at radius 2 is 2.17 bits per heavy atom. The van der Waals surface area contributed by atoms with E-state index in [1.54, 1.807) is 6.07 Å². The third kappa shape index (κ3) is 1.32. The van der Waals surface area contributed by atoms with Crippen molar-refractivity contribution in [1.29, 1.82) is 0 Å². The number of halogens is 2. The van der Waals surface area contributed by atoms with Crippen LogP contribution in [-0.2, 0) is 6.42 Å². The maximum absolute atomic E-state index is 13.1. The van der Waals surface area contributed by atoms with Crippen LogP contribution in [0.1, 0.15) is 23.6 Å². The first-order valence-electron chi connectivity index (χ1n) is 3.82. The first kappa shape index (κ1) is 9.49. The molecule has 12 heavy (non-hydrogen) atoms. The van der Waals surface area contributed by atoms with Gasteiger partial charge in [0.15, 0.2) is 0 Å². The summed E-state index contributed by atoms with van der Waals surface area (Å²) in [7, 11) is 0. The van der Waals surface area contributed by atoms with Crippen molar-refractivity contribution in [1.82, 2.24) is 0 Å². The van der Waals surface area contributed by atoms with E-state index < -0.39 is 0 Å². The molecule has 0 saturated carbocycles. The van der Waals surface area contributed by atoms with Gasteiger partial charge in [0.05, 0.1) is 0 Å². The van der Waals surface area contributed by atoms with Gasteiger partial charge in [0, 0.05) is 11.6 Å². The molecule has 2 N–H and O–H groups in total. The number of aryl methyl sites for hydroxylation is 1. The molecule has 3 heteroatoms. The first-order chi connectivity index (χ1) is 5.29. The summed E-state index contributed by atoms with van der Waals surface area (Å²) < 4.78 is 13.1. The molecule has 0 radical (unpaired) electrons. The Morgan fingerprint density at radius 3 is 2.83 bits per heavy atom. The van der Waals surface area contributed by atoms with Crippen LogP contribution in [0.5, 0.6) is 0 Å². The smallest absolute Gasteiger partial charge is 0.128 e. The molecule has 1 aliphatic carbocycles. The fourth-order valence-electron chi connectivity index (χ4n) is 1.67. The van der Waals surface area contributed by atoms with E-state index in [2.05, 4.69) is 0 Å². The highest BCUT2D eigenvalue weighted by Crippen LogP contribution is 2.30. The second kappa shape index (κ2) is 3.42. The van der Waals surface area contributed by atoms with Crippen LogP contribution in [0.3, 0.4) is 0 Å². The maximum Gasteiger partial charge on any atom is 0.128 e. The van der Waals surface area contributed by atoms with E-state index in [4.69, 9.17) is 5.73 Å². The van der Waals surface area contributed by atoms with Crippen molar-refractivity contribution in [2.24, 2.45) is 5.73 Å². The Morgan fingerprint density at radius 1 is 1.42 bits per heavy atom. The van der Waals surface area contributed by atoms with Crippen LogP contribution < -0.4 is 5.73 Å². The molecule has 0 bridgehead atoms. The van der Waals surface area contributed by atoms with Crippen molar-refractivity contribution in [2.75, 3.05) is 0 Å². The van der Waals surface area contributed by atoms with Gasteiger partial charge in [-0.1, -0.05) is 12.1 Å². The van der Waals surface area contributed by atoms with E-state index in [1.165, 1.54) is 6.07 Å². The van der Waals surface area contributed by atoms with Gasteiger partial charge in [-0.15, -0.1) is 12.4 Å². The Kier molecular flexibility index (Phi) is 2.70. The molecule has 1 atom stereocenters. The molecule has 0 fully saturated rings. The molecule has 0 aliphatic heterocycles. The Balaban J connectivity index is 0.000000720. The minimum atomic E-state index is -0.146. The quantitative estimate of drug-likeness (QED) is 0.662. The number of rotatable bonds is 0. The molecule has 0 heterocycles. The predicted molar refractivity (Wildman–Crippen MR) is 48.9 cm³/mol. The highest BCUT2D eigenvalue weighted by atomic mass is 35.5. The Hall–Kier alpha value is -0.600. The van der Waals surface area contributed by atoms with Crippen molar-refractivity contribution in [3.05, 3.63) is 35.1 Å². The largest absolute Gasteiger partial charge is 0.324 e. The normalized spacial score (nSPS) is 20.0. The molecule has 2 rings (SSSR count). The average molecular weight is 188 g/mol. The van der Waals surface area contributed by atoms with E-state index in [-0.39, 0.29) is 24.3 Å². The van der Waals surface area contributed by atoms with Crippen molar-refractivity contribution >= 4 is 12.4 Å². The highest BCUT2D eigenvalue weighted by molar-refractivity contribution is 5.85. The molecular formula is C9H11ClFN. The molecule has 0 spiro atoms. The predicted octanol–water partition coefficient (Wildman–Crippen LogP) is 2.19. The summed E-state index contributed by atoms with van der Waals surface area (Å²) in [6.07, 6.45) is 1.81. The summed E-state index contributed by atoms with van der Waals surface area (Å²) in [6.45, 7) is 0. The topological polar surface area (TPSA) is 26.0 Å². The number of nitrogens with two attached hydrogens (primary N) is 1. The molecule has 1 nitrogen and oxygen atoms in total. The molecule has 1 aliphatic rings. The summed E-state index contributed by atoms with van der Waals surface area (Å²) in [5.74, 6) is -0.146. The zero-order chi connectivity index (χ0) is 7.84. The summed E-state index contributed by atoms with van der Waals surface area (Å²) in [4.78, 5) is 0. The number of fused-ring (bicyclic) bond motifs is 1. The van der Waals surface area contributed by atoms with E-state index in [9.17, 15) is 4.39 Å². The number of hydrogen-bond donors (Lipinski definition) is 1. The SMILES string of the molecule is Cl.N[C@H]1CCc2cccc(F)c21. The first-order valence-corrected chi connectivity index (χ1v) is 3.82. The van der Waals surface area contributed by atoms with Gasteiger partial charge in [-0.05, 0) is 24.5 Å². The molecule has 0 unspecified atom stereocenters. The maximum atomic E-state index is 13.1. The lowest BCUT2D eigenvalue weighted by Gasteiger charge is -2.04. The zero-order valence-corrected chi connectivity index (χ0v) is 7.40. The van der Waals surface area contributed by atoms with Crippen LogP contribution in [0.4, 0.5) is 4.39 Å². The molecule has 0 amide bonds. The van der Waals surface area contributed by atoms with Gasteiger partial charge in [0.25, 0.3) is 0 Å². The Labute approximate surface area is 77.2 Å². The average Bonchev–Trinajstić information content (AvgIpc) is 2.34. The fourth-order valence-corrected chi connectivity index (χ4v) is 1.67. The molecular weight excluding hydrogens is 177 g/mol. The minimum absolute atomic E-state index is 0. The molecule has 1 aromatic carbocycles. The Bertz CT molecular complexity index is 288. The van der Waals surface area contributed by atoms with Crippen molar-refractivity contribution in [3.63, 3.8) is 0 Å². The lowest BCUT2D eigenvalue weighted by Crippen LogP contribution is -2.07. The summed E-state index contributed by atoms with van der Waals surface area (Å²) in [5, 5.41) is 0. The van der Waals surface area contributed by atoms with Gasteiger partial charge >= 0.3 is 0 Å². The molecule has 66 valence electrons.